The van der Waals surface area contributed by atoms with Crippen molar-refractivity contribution >= 4 is 77.3 Å². The van der Waals surface area contributed by atoms with Crippen molar-refractivity contribution < 1.29 is 4.42 Å². The Hall–Kier alpha value is -5.61. The second-order valence-electron chi connectivity index (χ2n) is 11.6. The Labute approximate surface area is 269 Å². The summed E-state index contributed by atoms with van der Waals surface area (Å²) in [5, 5.41) is 9.99. The van der Waals surface area contributed by atoms with Crippen LogP contribution in [-0.2, 0) is 0 Å². The maximum absolute atomic E-state index is 6.24. The van der Waals surface area contributed by atoms with Crippen molar-refractivity contribution in [2.75, 3.05) is 0 Å². The molecule has 5 heteroatoms. The fourth-order valence-corrected chi connectivity index (χ4v) is 9.62. The van der Waals surface area contributed by atoms with E-state index in [4.69, 9.17) is 19.4 Å². The molecule has 7 aromatic carbocycles. The Bertz CT molecular complexity index is 2820. The quantitative estimate of drug-likeness (QED) is 0.141. The van der Waals surface area contributed by atoms with E-state index in [0.717, 1.165) is 38.6 Å². The number of rotatable bonds is 3. The Morgan fingerprint density at radius 2 is 1.07 bits per heavy atom. The molecule has 0 saturated carbocycles. The molecule has 46 heavy (non-hydrogen) atoms. The predicted molar refractivity (Wildman–Crippen MR) is 190 cm³/mol. The number of nitrogens with zero attached hydrogens (tertiary/aromatic N) is 3. The average Bonchev–Trinajstić information content (AvgIpc) is 3.70. The summed E-state index contributed by atoms with van der Waals surface area (Å²) in [5.41, 5.74) is 4.60. The molecule has 0 bridgehead atoms. The van der Waals surface area contributed by atoms with Crippen molar-refractivity contribution in [3.8, 4) is 34.2 Å². The van der Waals surface area contributed by atoms with Gasteiger partial charge < -0.3 is 0 Å². The van der Waals surface area contributed by atoms with Gasteiger partial charge in [-0.1, -0.05) is 0 Å². The van der Waals surface area contributed by atoms with Crippen LogP contribution in [0.1, 0.15) is 0 Å². The van der Waals surface area contributed by atoms with Crippen LogP contribution in [0.2, 0.25) is 0 Å². The molecule has 0 aliphatic heterocycles. The fourth-order valence-electron chi connectivity index (χ4n) is 6.73. The Morgan fingerprint density at radius 1 is 0.413 bits per heavy atom. The molecule has 0 spiro atoms. The molecule has 0 atom stereocenters. The molecular weight excluding hydrogens is 629 g/mol. The number of aromatic nitrogens is 3. The Morgan fingerprint density at radius 3 is 1.98 bits per heavy atom. The molecule has 0 amide bonds. The molecule has 3 aromatic heterocycles. The van der Waals surface area contributed by atoms with Gasteiger partial charge in [-0.3, -0.25) is 0 Å². The first-order chi connectivity index (χ1) is 22.8. The molecule has 0 unspecified atom stereocenters. The first-order valence-electron chi connectivity index (χ1n) is 15.3. The number of benzene rings is 7. The second kappa shape index (κ2) is 9.95. The summed E-state index contributed by atoms with van der Waals surface area (Å²) in [4.78, 5) is 15.3. The standard InChI is InChI=1S/C41H23N3OSe/c1-2-10-26(11-3-1)39-42-40(27-20-21-30-29-13-6-7-16-34(29)45-35(30)23-27)44-41(43-39)33-15-8-14-31-32-22-19-25-18-17-24-9-4-5-12-28(24)36(25)38(32)46-37(31)33/h1-23H. The molecule has 0 aliphatic rings. The zero-order valence-corrected chi connectivity index (χ0v) is 26.2. The van der Waals surface area contributed by atoms with Gasteiger partial charge in [-0.2, -0.15) is 0 Å². The third-order valence-electron chi connectivity index (χ3n) is 8.92. The van der Waals surface area contributed by atoms with Crippen LogP contribution in [0.15, 0.2) is 144 Å². The van der Waals surface area contributed by atoms with Crippen molar-refractivity contribution in [1.29, 1.82) is 0 Å². The van der Waals surface area contributed by atoms with Gasteiger partial charge in [-0.15, -0.1) is 0 Å². The van der Waals surface area contributed by atoms with Gasteiger partial charge in [0.2, 0.25) is 0 Å². The van der Waals surface area contributed by atoms with E-state index in [2.05, 4.69) is 103 Å². The molecule has 214 valence electrons. The van der Waals surface area contributed by atoms with Gasteiger partial charge in [0.05, 0.1) is 0 Å². The van der Waals surface area contributed by atoms with Crippen LogP contribution in [0, 0.1) is 0 Å². The first-order valence-corrected chi connectivity index (χ1v) is 17.0. The summed E-state index contributed by atoms with van der Waals surface area (Å²) in [6.45, 7) is 0. The van der Waals surface area contributed by atoms with E-state index >= 15 is 0 Å². The number of para-hydroxylation sites is 1. The fraction of sp³-hybridized carbons (Fsp3) is 0. The van der Waals surface area contributed by atoms with Crippen molar-refractivity contribution in [2.24, 2.45) is 0 Å². The summed E-state index contributed by atoms with van der Waals surface area (Å²) in [7, 11) is 0. The summed E-state index contributed by atoms with van der Waals surface area (Å²) in [5.74, 6) is 1.97. The number of hydrogen-bond donors (Lipinski definition) is 0. The molecule has 0 radical (unpaired) electrons. The van der Waals surface area contributed by atoms with Crippen molar-refractivity contribution in [3.05, 3.63) is 140 Å². The van der Waals surface area contributed by atoms with Crippen LogP contribution in [0.3, 0.4) is 0 Å². The second-order valence-corrected chi connectivity index (χ2v) is 13.7. The number of hydrogen-bond acceptors (Lipinski definition) is 4. The van der Waals surface area contributed by atoms with Gasteiger partial charge in [0.1, 0.15) is 0 Å². The van der Waals surface area contributed by atoms with Gasteiger partial charge >= 0.3 is 270 Å². The van der Waals surface area contributed by atoms with Crippen molar-refractivity contribution in [3.63, 3.8) is 0 Å². The van der Waals surface area contributed by atoms with Crippen LogP contribution in [-0.4, -0.2) is 29.5 Å². The van der Waals surface area contributed by atoms with Crippen LogP contribution in [0.5, 0.6) is 0 Å². The van der Waals surface area contributed by atoms with Gasteiger partial charge in [-0.05, 0) is 0 Å². The minimum absolute atomic E-state index is 0.0672. The summed E-state index contributed by atoms with van der Waals surface area (Å²) >= 11 is 0.0672. The molecule has 3 heterocycles. The maximum atomic E-state index is 6.24. The van der Waals surface area contributed by atoms with Crippen molar-refractivity contribution in [1.82, 2.24) is 15.0 Å². The van der Waals surface area contributed by atoms with E-state index in [0.29, 0.717) is 17.5 Å². The van der Waals surface area contributed by atoms with Crippen LogP contribution in [0.4, 0.5) is 0 Å². The molecule has 10 aromatic rings. The van der Waals surface area contributed by atoms with E-state index in [1.807, 2.05) is 36.4 Å². The minimum atomic E-state index is 0.0672. The molecule has 0 aliphatic carbocycles. The van der Waals surface area contributed by atoms with Gasteiger partial charge in [0.25, 0.3) is 0 Å². The van der Waals surface area contributed by atoms with E-state index < -0.39 is 0 Å². The normalized spacial score (nSPS) is 11.9. The number of furan rings is 1. The van der Waals surface area contributed by atoms with E-state index in [-0.39, 0.29) is 14.5 Å². The van der Waals surface area contributed by atoms with Crippen LogP contribution >= 0.6 is 0 Å². The summed E-state index contributed by atoms with van der Waals surface area (Å²) in [6, 6.07) is 48.9. The number of fused-ring (bicyclic) bond motifs is 10. The molecule has 0 N–H and O–H groups in total. The molecule has 0 saturated heterocycles. The van der Waals surface area contributed by atoms with Crippen molar-refractivity contribution in [2.45, 2.75) is 0 Å². The topological polar surface area (TPSA) is 51.8 Å². The first kappa shape index (κ1) is 25.7. The zero-order valence-electron chi connectivity index (χ0n) is 24.4. The van der Waals surface area contributed by atoms with E-state index in [9.17, 15) is 0 Å². The monoisotopic (exact) mass is 653 g/mol. The molecular formula is C41H23N3OSe. The summed E-state index contributed by atoms with van der Waals surface area (Å²) in [6.07, 6.45) is 0. The van der Waals surface area contributed by atoms with Gasteiger partial charge in [0.15, 0.2) is 0 Å². The summed E-state index contributed by atoms with van der Waals surface area (Å²) < 4.78 is 8.98. The zero-order chi connectivity index (χ0) is 30.2. The Balaban J connectivity index is 1.23. The molecule has 4 nitrogen and oxygen atoms in total. The van der Waals surface area contributed by atoms with Gasteiger partial charge in [-0.25, -0.2) is 0 Å². The average molecular weight is 653 g/mol. The molecule has 10 rings (SSSR count). The van der Waals surface area contributed by atoms with Gasteiger partial charge in [0, 0.05) is 0 Å². The third-order valence-corrected chi connectivity index (χ3v) is 11.6. The van der Waals surface area contributed by atoms with E-state index in [1.165, 1.54) is 40.8 Å². The Kier molecular flexibility index (Phi) is 5.56. The third kappa shape index (κ3) is 3.89. The van der Waals surface area contributed by atoms with Crippen LogP contribution in [0.25, 0.3) is 96.9 Å². The SMILES string of the molecule is c1ccc(-c2nc(-c3ccc4c(c3)oc3ccccc34)nc(-c3cccc4c3[se]c3c4ccc4ccc5ccccc5c43)n2)cc1. The van der Waals surface area contributed by atoms with E-state index in [1.54, 1.807) is 0 Å². The predicted octanol–water partition coefficient (Wildman–Crippen LogP) is 10.4. The molecule has 0 fully saturated rings. The van der Waals surface area contributed by atoms with Crippen LogP contribution < -0.4 is 0 Å².